The summed E-state index contributed by atoms with van der Waals surface area (Å²) in [7, 11) is 1.78. The van der Waals surface area contributed by atoms with Crippen molar-refractivity contribution in [3.63, 3.8) is 0 Å². The van der Waals surface area contributed by atoms with Gasteiger partial charge >= 0.3 is 0 Å². The molecule has 1 aliphatic rings. The molecule has 0 spiro atoms. The molecule has 0 aliphatic carbocycles. The minimum atomic E-state index is 0.608. The van der Waals surface area contributed by atoms with Gasteiger partial charge in [-0.05, 0) is 0 Å². The van der Waals surface area contributed by atoms with E-state index in [4.69, 9.17) is 4.74 Å². The largest absolute Gasteiger partial charge is 0.490 e. The normalized spacial score (nSPS) is 18.3. The summed E-state index contributed by atoms with van der Waals surface area (Å²) in [5, 5.41) is 0. The first-order valence-corrected chi connectivity index (χ1v) is 3.64. The maximum Gasteiger partial charge on any atom is 0.177 e. The topological polar surface area (TPSA) is 45.6 Å². The van der Waals surface area contributed by atoms with E-state index in [1.807, 2.05) is 0 Å². The number of amidine groups is 1. The Morgan fingerprint density at radius 3 is 3.18 bits per heavy atom. The molecule has 1 rings (SSSR count). The number of hydrogen-bond acceptors (Lipinski definition) is 4. The Kier molecular flexibility index (Phi) is 2.92. The highest BCUT2D eigenvalue weighted by Gasteiger charge is 2.07. The van der Waals surface area contributed by atoms with Crippen LogP contribution in [0.2, 0.25) is 0 Å². The molecule has 0 saturated carbocycles. The molecule has 1 heterocycles. The van der Waals surface area contributed by atoms with Crippen LogP contribution in [0.1, 0.15) is 6.42 Å². The molecular formula is C7H13N3O. The van der Waals surface area contributed by atoms with E-state index in [-0.39, 0.29) is 0 Å². The van der Waals surface area contributed by atoms with Crippen molar-refractivity contribution in [2.75, 3.05) is 20.2 Å². The Balaban J connectivity index is 2.55. The van der Waals surface area contributed by atoms with Crippen molar-refractivity contribution in [3.05, 3.63) is 12.3 Å². The van der Waals surface area contributed by atoms with Crippen LogP contribution in [0.3, 0.4) is 0 Å². The summed E-state index contributed by atoms with van der Waals surface area (Å²) in [5.74, 6) is 1.31. The molecule has 0 fully saturated rings. The van der Waals surface area contributed by atoms with Gasteiger partial charge in [0.1, 0.15) is 0 Å². The summed E-state index contributed by atoms with van der Waals surface area (Å²) in [5.41, 5.74) is 5.62. The molecule has 0 atom stereocenters. The Labute approximate surface area is 66.3 Å². The van der Waals surface area contributed by atoms with E-state index in [2.05, 4.69) is 22.4 Å². The fourth-order valence-corrected chi connectivity index (χ4v) is 0.835. The van der Waals surface area contributed by atoms with E-state index in [9.17, 15) is 0 Å². The van der Waals surface area contributed by atoms with Gasteiger partial charge in [-0.3, -0.25) is 4.99 Å². The smallest absolute Gasteiger partial charge is 0.177 e. The van der Waals surface area contributed by atoms with Gasteiger partial charge < -0.3 is 10.2 Å². The number of nitrogens with one attached hydrogen (secondary N) is 2. The zero-order valence-electron chi connectivity index (χ0n) is 6.68. The monoisotopic (exact) mass is 155 g/mol. The van der Waals surface area contributed by atoms with Gasteiger partial charge in [0, 0.05) is 20.0 Å². The number of nitrogens with zero attached hydrogens (tertiary/aromatic N) is 1. The Morgan fingerprint density at radius 2 is 2.45 bits per heavy atom. The lowest BCUT2D eigenvalue weighted by atomic mass is 10.5. The molecule has 1 aliphatic heterocycles. The van der Waals surface area contributed by atoms with Crippen molar-refractivity contribution in [3.8, 4) is 0 Å². The standard InChI is InChI=1S/C7H13N3O/c1-6-7(10-8-2)9-4-3-5-11-6/h8H,1,3-5H2,2H3,(H,9,10). The third kappa shape index (κ3) is 2.23. The van der Waals surface area contributed by atoms with E-state index in [1.165, 1.54) is 0 Å². The number of rotatable bonds is 1. The van der Waals surface area contributed by atoms with Crippen LogP contribution in [-0.4, -0.2) is 26.0 Å². The van der Waals surface area contributed by atoms with Crippen molar-refractivity contribution < 1.29 is 4.74 Å². The number of hydrogen-bond donors (Lipinski definition) is 2. The predicted octanol–water partition coefficient (Wildman–Crippen LogP) is 0.0429. The fourth-order valence-electron chi connectivity index (χ4n) is 0.835. The molecule has 0 radical (unpaired) electrons. The lowest BCUT2D eigenvalue weighted by molar-refractivity contribution is 0.233. The van der Waals surface area contributed by atoms with Crippen LogP contribution in [0.15, 0.2) is 17.3 Å². The van der Waals surface area contributed by atoms with Gasteiger partial charge in [-0.2, -0.15) is 0 Å². The molecule has 0 aromatic heterocycles. The minimum Gasteiger partial charge on any atom is -0.490 e. The molecule has 0 unspecified atom stereocenters. The highest BCUT2D eigenvalue weighted by Crippen LogP contribution is 2.01. The molecule has 0 aromatic carbocycles. The summed E-state index contributed by atoms with van der Waals surface area (Å²) < 4.78 is 5.24. The second-order valence-corrected chi connectivity index (χ2v) is 2.23. The minimum absolute atomic E-state index is 0.608. The number of aliphatic imine (C=N–C) groups is 1. The first-order valence-electron chi connectivity index (χ1n) is 3.64. The maximum absolute atomic E-state index is 5.24. The van der Waals surface area contributed by atoms with Crippen molar-refractivity contribution in [1.82, 2.24) is 10.9 Å². The highest BCUT2D eigenvalue weighted by molar-refractivity contribution is 5.95. The third-order valence-corrected chi connectivity index (χ3v) is 1.36. The molecule has 2 N–H and O–H groups in total. The van der Waals surface area contributed by atoms with Crippen LogP contribution >= 0.6 is 0 Å². The predicted molar refractivity (Wildman–Crippen MR) is 44.2 cm³/mol. The summed E-state index contributed by atoms with van der Waals surface area (Å²) in [4.78, 5) is 4.21. The van der Waals surface area contributed by atoms with Gasteiger partial charge in [-0.1, -0.05) is 6.58 Å². The fraction of sp³-hybridized carbons (Fsp3) is 0.571. The lowest BCUT2D eigenvalue weighted by Crippen LogP contribution is -2.35. The first-order chi connectivity index (χ1) is 5.34. The summed E-state index contributed by atoms with van der Waals surface area (Å²) in [6, 6.07) is 0. The lowest BCUT2D eigenvalue weighted by Gasteiger charge is -2.08. The van der Waals surface area contributed by atoms with E-state index >= 15 is 0 Å². The van der Waals surface area contributed by atoms with Gasteiger partial charge in [0.15, 0.2) is 11.6 Å². The van der Waals surface area contributed by atoms with E-state index in [0.29, 0.717) is 18.2 Å². The van der Waals surface area contributed by atoms with Crippen LogP contribution in [-0.2, 0) is 4.74 Å². The molecule has 0 bridgehead atoms. The van der Waals surface area contributed by atoms with Gasteiger partial charge in [-0.15, -0.1) is 0 Å². The van der Waals surface area contributed by atoms with E-state index in [0.717, 1.165) is 13.0 Å². The Hall–Kier alpha value is -1.03. The summed E-state index contributed by atoms with van der Waals surface area (Å²) in [6.45, 7) is 5.22. The zero-order valence-corrected chi connectivity index (χ0v) is 6.68. The van der Waals surface area contributed by atoms with Crippen LogP contribution in [0.4, 0.5) is 0 Å². The van der Waals surface area contributed by atoms with E-state index < -0.39 is 0 Å². The zero-order chi connectivity index (χ0) is 8.10. The van der Waals surface area contributed by atoms with Crippen LogP contribution in [0.25, 0.3) is 0 Å². The average molecular weight is 155 g/mol. The number of ether oxygens (including phenoxy) is 1. The van der Waals surface area contributed by atoms with E-state index in [1.54, 1.807) is 7.05 Å². The van der Waals surface area contributed by atoms with Gasteiger partial charge in [0.05, 0.1) is 6.61 Å². The molecule has 4 nitrogen and oxygen atoms in total. The Bertz CT molecular complexity index is 177. The Morgan fingerprint density at radius 1 is 1.64 bits per heavy atom. The molecule has 11 heavy (non-hydrogen) atoms. The molecule has 0 amide bonds. The molecule has 0 aromatic rings. The van der Waals surface area contributed by atoms with Crippen molar-refractivity contribution in [2.45, 2.75) is 6.42 Å². The molecule has 4 heteroatoms. The molecular weight excluding hydrogens is 142 g/mol. The number of hydrazine groups is 1. The average Bonchev–Trinajstić information content (AvgIpc) is 2.18. The van der Waals surface area contributed by atoms with Gasteiger partial charge in [0.2, 0.25) is 0 Å². The summed E-state index contributed by atoms with van der Waals surface area (Å²) >= 11 is 0. The molecule has 62 valence electrons. The quantitative estimate of drug-likeness (QED) is 0.526. The second-order valence-electron chi connectivity index (χ2n) is 2.23. The van der Waals surface area contributed by atoms with Crippen LogP contribution < -0.4 is 10.9 Å². The van der Waals surface area contributed by atoms with Crippen LogP contribution in [0, 0.1) is 0 Å². The van der Waals surface area contributed by atoms with Crippen molar-refractivity contribution in [2.24, 2.45) is 4.99 Å². The van der Waals surface area contributed by atoms with Gasteiger partial charge in [0.25, 0.3) is 0 Å². The van der Waals surface area contributed by atoms with Gasteiger partial charge in [-0.25, -0.2) is 5.43 Å². The maximum atomic E-state index is 5.24. The second kappa shape index (κ2) is 3.98. The van der Waals surface area contributed by atoms with Crippen molar-refractivity contribution >= 4 is 5.84 Å². The highest BCUT2D eigenvalue weighted by atomic mass is 16.5. The molecule has 0 saturated heterocycles. The third-order valence-electron chi connectivity index (χ3n) is 1.36. The van der Waals surface area contributed by atoms with Crippen molar-refractivity contribution in [1.29, 1.82) is 0 Å². The first kappa shape index (κ1) is 8.07. The summed E-state index contributed by atoms with van der Waals surface area (Å²) in [6.07, 6.45) is 0.952. The SMILES string of the molecule is C=C1OCCCN=C1NNC. The van der Waals surface area contributed by atoms with Crippen LogP contribution in [0.5, 0.6) is 0 Å².